The zero-order valence-electron chi connectivity index (χ0n) is 12.1. The number of nitrogens with one attached hydrogen (secondary N) is 1. The number of hydrogen-bond acceptors (Lipinski definition) is 4. The number of pyridine rings is 1. The number of nitrogens with zero attached hydrogens (tertiary/aromatic N) is 2. The van der Waals surface area contributed by atoms with Crippen LogP contribution in [-0.2, 0) is 0 Å². The highest BCUT2D eigenvalue weighted by Gasteiger charge is 2.01. The highest BCUT2D eigenvalue weighted by molar-refractivity contribution is 7.80. The standard InChI is InChI=1S/C16H20N4S/c1-20(14-6-3-2-4-7-14)11-5-9-18-13-8-10-19-15(12-13)16(17)21/h2-4,6-8,10,12H,5,9,11H2,1H3,(H2,17,21)(H,18,19). The summed E-state index contributed by atoms with van der Waals surface area (Å²) < 4.78 is 0. The lowest BCUT2D eigenvalue weighted by Gasteiger charge is -2.19. The van der Waals surface area contributed by atoms with E-state index in [1.165, 1.54) is 5.69 Å². The fourth-order valence-corrected chi connectivity index (χ4v) is 2.15. The molecule has 110 valence electrons. The quantitative estimate of drug-likeness (QED) is 0.608. The van der Waals surface area contributed by atoms with Gasteiger partial charge in [0.15, 0.2) is 0 Å². The van der Waals surface area contributed by atoms with Crippen LogP contribution in [0.2, 0.25) is 0 Å². The van der Waals surface area contributed by atoms with Gasteiger partial charge in [-0.25, -0.2) is 0 Å². The summed E-state index contributed by atoms with van der Waals surface area (Å²) in [7, 11) is 2.10. The van der Waals surface area contributed by atoms with Crippen molar-refractivity contribution < 1.29 is 0 Å². The van der Waals surface area contributed by atoms with E-state index >= 15 is 0 Å². The molecule has 2 rings (SSSR count). The van der Waals surface area contributed by atoms with Crippen molar-refractivity contribution in [1.82, 2.24) is 4.98 Å². The van der Waals surface area contributed by atoms with E-state index in [4.69, 9.17) is 18.0 Å². The largest absolute Gasteiger partial charge is 0.388 e. The predicted molar refractivity (Wildman–Crippen MR) is 92.9 cm³/mol. The Morgan fingerprint density at radius 2 is 2.05 bits per heavy atom. The molecule has 0 unspecified atom stereocenters. The van der Waals surface area contributed by atoms with Gasteiger partial charge in [-0.2, -0.15) is 0 Å². The fourth-order valence-electron chi connectivity index (χ4n) is 2.04. The third-order valence-corrected chi connectivity index (χ3v) is 3.42. The second kappa shape index (κ2) is 7.59. The Labute approximate surface area is 131 Å². The number of nitrogens with two attached hydrogens (primary N) is 1. The van der Waals surface area contributed by atoms with E-state index in [2.05, 4.69) is 46.5 Å². The lowest BCUT2D eigenvalue weighted by molar-refractivity contribution is 0.816. The Morgan fingerprint density at radius 1 is 1.29 bits per heavy atom. The SMILES string of the molecule is CN(CCCNc1ccnc(C(N)=S)c1)c1ccccc1. The first-order chi connectivity index (χ1) is 10.2. The molecular formula is C16H20N4S. The molecule has 0 radical (unpaired) electrons. The van der Waals surface area contributed by atoms with E-state index < -0.39 is 0 Å². The number of hydrogen-bond donors (Lipinski definition) is 2. The predicted octanol–water partition coefficient (Wildman–Crippen LogP) is 2.65. The molecule has 0 saturated heterocycles. The summed E-state index contributed by atoms with van der Waals surface area (Å²) in [4.78, 5) is 6.69. The Bertz CT molecular complexity index is 586. The molecule has 5 heteroatoms. The van der Waals surface area contributed by atoms with Gasteiger partial charge in [-0.15, -0.1) is 0 Å². The molecule has 0 amide bonds. The van der Waals surface area contributed by atoms with Crippen molar-refractivity contribution in [2.24, 2.45) is 5.73 Å². The maximum Gasteiger partial charge on any atom is 0.122 e. The second-order valence-electron chi connectivity index (χ2n) is 4.83. The minimum absolute atomic E-state index is 0.322. The average Bonchev–Trinajstić information content (AvgIpc) is 2.52. The van der Waals surface area contributed by atoms with E-state index in [-0.39, 0.29) is 0 Å². The van der Waals surface area contributed by atoms with Gasteiger partial charge in [-0.3, -0.25) is 4.98 Å². The molecular weight excluding hydrogens is 280 g/mol. The maximum absolute atomic E-state index is 5.58. The van der Waals surface area contributed by atoms with Gasteiger partial charge in [0.1, 0.15) is 4.99 Å². The molecule has 0 bridgehead atoms. The maximum atomic E-state index is 5.58. The number of benzene rings is 1. The van der Waals surface area contributed by atoms with Crippen molar-refractivity contribution in [2.45, 2.75) is 6.42 Å². The van der Waals surface area contributed by atoms with Crippen molar-refractivity contribution in [3.05, 3.63) is 54.4 Å². The Balaban J connectivity index is 1.77. The van der Waals surface area contributed by atoms with Crippen LogP contribution in [0.25, 0.3) is 0 Å². The summed E-state index contributed by atoms with van der Waals surface area (Å²) in [6.45, 7) is 1.88. The Kier molecular flexibility index (Phi) is 5.51. The number of para-hydroxylation sites is 1. The summed E-state index contributed by atoms with van der Waals surface area (Å²) in [5, 5.41) is 3.36. The second-order valence-corrected chi connectivity index (χ2v) is 5.27. The molecule has 1 aromatic heterocycles. The van der Waals surface area contributed by atoms with Crippen LogP contribution in [-0.4, -0.2) is 30.1 Å². The first-order valence-corrected chi connectivity index (χ1v) is 7.33. The monoisotopic (exact) mass is 300 g/mol. The van der Waals surface area contributed by atoms with Crippen LogP contribution in [0, 0.1) is 0 Å². The number of rotatable bonds is 7. The number of aromatic nitrogens is 1. The first-order valence-electron chi connectivity index (χ1n) is 6.93. The van der Waals surface area contributed by atoms with Gasteiger partial charge in [-0.05, 0) is 30.7 Å². The molecule has 0 saturated carbocycles. The third kappa shape index (κ3) is 4.72. The Morgan fingerprint density at radius 3 is 2.76 bits per heavy atom. The zero-order chi connectivity index (χ0) is 15.1. The van der Waals surface area contributed by atoms with Crippen molar-refractivity contribution in [2.75, 3.05) is 30.4 Å². The van der Waals surface area contributed by atoms with Crippen LogP contribution in [0.5, 0.6) is 0 Å². The zero-order valence-corrected chi connectivity index (χ0v) is 12.9. The van der Waals surface area contributed by atoms with Crippen LogP contribution in [0.3, 0.4) is 0 Å². The molecule has 1 aromatic carbocycles. The summed E-state index contributed by atoms with van der Waals surface area (Å²) in [6.07, 6.45) is 2.75. The van der Waals surface area contributed by atoms with Crippen molar-refractivity contribution >= 4 is 28.6 Å². The molecule has 0 atom stereocenters. The topological polar surface area (TPSA) is 54.2 Å². The van der Waals surface area contributed by atoms with Gasteiger partial charge >= 0.3 is 0 Å². The van der Waals surface area contributed by atoms with Crippen LogP contribution in [0.1, 0.15) is 12.1 Å². The number of anilines is 2. The minimum atomic E-state index is 0.322. The summed E-state index contributed by atoms with van der Waals surface area (Å²) >= 11 is 4.93. The van der Waals surface area contributed by atoms with E-state index in [1.807, 2.05) is 18.2 Å². The molecule has 0 aliphatic heterocycles. The van der Waals surface area contributed by atoms with Gasteiger partial charge in [0.25, 0.3) is 0 Å². The normalized spacial score (nSPS) is 10.1. The lowest BCUT2D eigenvalue weighted by atomic mass is 10.2. The van der Waals surface area contributed by atoms with Gasteiger partial charge in [0, 0.05) is 37.7 Å². The molecule has 4 nitrogen and oxygen atoms in total. The summed E-state index contributed by atoms with van der Waals surface area (Å²) in [5.74, 6) is 0. The van der Waals surface area contributed by atoms with Crippen LogP contribution in [0.15, 0.2) is 48.7 Å². The number of thiocarbonyl (C=S) groups is 1. The average molecular weight is 300 g/mol. The summed E-state index contributed by atoms with van der Waals surface area (Å²) in [5.41, 5.74) is 8.45. The fraction of sp³-hybridized carbons (Fsp3) is 0.250. The van der Waals surface area contributed by atoms with Crippen LogP contribution in [0.4, 0.5) is 11.4 Å². The molecule has 0 spiro atoms. The van der Waals surface area contributed by atoms with Gasteiger partial charge in [-0.1, -0.05) is 30.4 Å². The van der Waals surface area contributed by atoms with Crippen LogP contribution >= 0.6 is 12.2 Å². The highest BCUT2D eigenvalue weighted by atomic mass is 32.1. The molecule has 3 N–H and O–H groups in total. The molecule has 0 aliphatic rings. The molecule has 0 fully saturated rings. The molecule has 0 aliphatic carbocycles. The Hall–Kier alpha value is -2.14. The van der Waals surface area contributed by atoms with Gasteiger partial charge in [0.2, 0.25) is 0 Å². The van der Waals surface area contributed by atoms with E-state index in [0.29, 0.717) is 10.7 Å². The third-order valence-electron chi connectivity index (χ3n) is 3.21. The van der Waals surface area contributed by atoms with Gasteiger partial charge in [0.05, 0.1) is 5.69 Å². The lowest BCUT2D eigenvalue weighted by Crippen LogP contribution is -2.20. The van der Waals surface area contributed by atoms with E-state index in [0.717, 1.165) is 25.2 Å². The first kappa shape index (κ1) is 15.3. The van der Waals surface area contributed by atoms with E-state index in [1.54, 1.807) is 6.20 Å². The smallest absolute Gasteiger partial charge is 0.122 e. The van der Waals surface area contributed by atoms with Crippen LogP contribution < -0.4 is 16.0 Å². The summed E-state index contributed by atoms with van der Waals surface area (Å²) in [6, 6.07) is 14.2. The van der Waals surface area contributed by atoms with Crippen molar-refractivity contribution in [3.63, 3.8) is 0 Å². The molecule has 21 heavy (non-hydrogen) atoms. The van der Waals surface area contributed by atoms with Crippen molar-refractivity contribution in [3.8, 4) is 0 Å². The van der Waals surface area contributed by atoms with Crippen molar-refractivity contribution in [1.29, 1.82) is 0 Å². The molecule has 2 aromatic rings. The van der Waals surface area contributed by atoms with Gasteiger partial charge < -0.3 is 16.0 Å². The highest BCUT2D eigenvalue weighted by Crippen LogP contribution is 2.11. The van der Waals surface area contributed by atoms with E-state index in [9.17, 15) is 0 Å². The molecule has 1 heterocycles. The minimum Gasteiger partial charge on any atom is -0.388 e.